The predicted molar refractivity (Wildman–Crippen MR) is 101 cm³/mol. The largest absolute Gasteiger partial charge is 0.481 e. The smallest absolute Gasteiger partial charge is 0.352 e. The van der Waals surface area contributed by atoms with E-state index >= 15 is 0 Å². The van der Waals surface area contributed by atoms with E-state index in [1.54, 1.807) is 0 Å². The fourth-order valence-corrected chi connectivity index (χ4v) is 2.78. The minimum absolute atomic E-state index is 0.272. The van der Waals surface area contributed by atoms with Crippen LogP contribution in [-0.4, -0.2) is 33.7 Å². The van der Waals surface area contributed by atoms with Gasteiger partial charge in [0.05, 0.1) is 0 Å². The van der Waals surface area contributed by atoms with Crippen molar-refractivity contribution in [3.05, 3.63) is 59.8 Å². The Morgan fingerprint density at radius 2 is 1.69 bits per heavy atom. The SMILES string of the molecule is CC(=O)O.NCCCc1c(C(=O)O)[nH]c2ccc(-c3ccccc3)cc12. The zero-order chi connectivity index (χ0) is 19.1. The van der Waals surface area contributed by atoms with Gasteiger partial charge in [0.1, 0.15) is 5.69 Å². The highest BCUT2D eigenvalue weighted by Crippen LogP contribution is 2.29. The Kier molecular flexibility index (Phi) is 6.52. The summed E-state index contributed by atoms with van der Waals surface area (Å²) in [7, 11) is 0. The van der Waals surface area contributed by atoms with Crippen LogP contribution in [0.25, 0.3) is 22.0 Å². The van der Waals surface area contributed by atoms with Gasteiger partial charge in [0.15, 0.2) is 0 Å². The maximum absolute atomic E-state index is 11.4. The lowest BCUT2D eigenvalue weighted by Gasteiger charge is -2.04. The Labute approximate surface area is 151 Å². The van der Waals surface area contributed by atoms with Gasteiger partial charge in [-0.25, -0.2) is 4.79 Å². The minimum Gasteiger partial charge on any atom is -0.481 e. The number of rotatable bonds is 5. The van der Waals surface area contributed by atoms with Gasteiger partial charge in [-0.05, 0) is 48.2 Å². The van der Waals surface area contributed by atoms with Gasteiger partial charge in [-0.2, -0.15) is 0 Å². The van der Waals surface area contributed by atoms with Gasteiger partial charge in [-0.1, -0.05) is 36.4 Å². The first-order valence-corrected chi connectivity index (χ1v) is 8.27. The molecule has 0 saturated heterocycles. The number of carboxylic acids is 2. The molecule has 1 aromatic heterocycles. The van der Waals surface area contributed by atoms with Crippen LogP contribution in [0.4, 0.5) is 0 Å². The molecule has 3 aromatic rings. The number of H-pyrrole nitrogens is 1. The summed E-state index contributed by atoms with van der Waals surface area (Å²) in [6.07, 6.45) is 1.43. The number of nitrogens with one attached hydrogen (secondary N) is 1. The molecule has 0 spiro atoms. The molecule has 0 atom stereocenters. The molecule has 0 aliphatic carbocycles. The van der Waals surface area contributed by atoms with Gasteiger partial charge in [0, 0.05) is 17.8 Å². The molecule has 0 fully saturated rings. The second kappa shape index (κ2) is 8.82. The Bertz CT molecular complexity index is 897. The number of hydrogen-bond donors (Lipinski definition) is 4. The average Bonchev–Trinajstić information content (AvgIpc) is 2.98. The Morgan fingerprint density at radius 3 is 2.27 bits per heavy atom. The van der Waals surface area contributed by atoms with E-state index in [4.69, 9.17) is 15.6 Å². The van der Waals surface area contributed by atoms with Gasteiger partial charge in [-0.15, -0.1) is 0 Å². The second-order valence-corrected chi connectivity index (χ2v) is 5.82. The third-order valence-electron chi connectivity index (χ3n) is 3.86. The van der Waals surface area contributed by atoms with Crippen LogP contribution in [0.2, 0.25) is 0 Å². The Balaban J connectivity index is 0.000000552. The standard InChI is InChI=1S/C18H18N2O2.C2H4O2/c19-10-4-7-14-15-11-13(12-5-2-1-3-6-12)8-9-16(15)20-17(14)18(21)22;1-2(3)4/h1-3,5-6,8-9,11,20H,4,7,10,19H2,(H,21,22);1H3,(H,3,4). The Hall–Kier alpha value is -3.12. The number of aromatic carboxylic acids is 1. The van der Waals surface area contributed by atoms with Gasteiger partial charge in [-0.3, -0.25) is 4.79 Å². The first-order valence-electron chi connectivity index (χ1n) is 8.27. The first-order chi connectivity index (χ1) is 12.4. The summed E-state index contributed by atoms with van der Waals surface area (Å²) < 4.78 is 0. The monoisotopic (exact) mass is 354 g/mol. The highest BCUT2D eigenvalue weighted by atomic mass is 16.4. The molecule has 0 saturated carbocycles. The lowest BCUT2D eigenvalue weighted by Crippen LogP contribution is -2.05. The van der Waals surface area contributed by atoms with Crippen molar-refractivity contribution in [1.82, 2.24) is 4.98 Å². The van der Waals surface area contributed by atoms with Crippen LogP contribution in [0.5, 0.6) is 0 Å². The molecule has 0 unspecified atom stereocenters. The van der Waals surface area contributed by atoms with Crippen molar-refractivity contribution >= 4 is 22.8 Å². The van der Waals surface area contributed by atoms with E-state index in [0.29, 0.717) is 13.0 Å². The highest BCUT2D eigenvalue weighted by molar-refractivity contribution is 5.98. The summed E-state index contributed by atoms with van der Waals surface area (Å²) in [5.74, 6) is -1.76. The van der Waals surface area contributed by atoms with Gasteiger partial charge in [0.25, 0.3) is 5.97 Å². The van der Waals surface area contributed by atoms with E-state index in [2.05, 4.69) is 11.1 Å². The van der Waals surface area contributed by atoms with Crippen molar-refractivity contribution in [3.63, 3.8) is 0 Å². The molecule has 5 N–H and O–H groups in total. The summed E-state index contributed by atoms with van der Waals surface area (Å²) >= 11 is 0. The number of aromatic nitrogens is 1. The van der Waals surface area contributed by atoms with Crippen LogP contribution < -0.4 is 5.73 Å². The average molecular weight is 354 g/mol. The molecule has 6 nitrogen and oxygen atoms in total. The fraction of sp³-hybridized carbons (Fsp3) is 0.200. The zero-order valence-electron chi connectivity index (χ0n) is 14.5. The van der Waals surface area contributed by atoms with Crippen molar-refractivity contribution in [2.75, 3.05) is 6.54 Å². The summed E-state index contributed by atoms with van der Waals surface area (Å²) in [6.45, 7) is 1.63. The molecule has 6 heteroatoms. The molecule has 2 aromatic carbocycles. The number of aromatic amines is 1. The highest BCUT2D eigenvalue weighted by Gasteiger charge is 2.17. The lowest BCUT2D eigenvalue weighted by atomic mass is 10.00. The van der Waals surface area contributed by atoms with E-state index in [-0.39, 0.29) is 5.69 Å². The van der Waals surface area contributed by atoms with E-state index < -0.39 is 11.9 Å². The van der Waals surface area contributed by atoms with E-state index in [9.17, 15) is 9.90 Å². The predicted octanol–water partition coefficient (Wildman–Crippen LogP) is 3.52. The molecule has 1 heterocycles. The topological polar surface area (TPSA) is 116 Å². The molecule has 3 rings (SSSR count). The molecule has 0 radical (unpaired) electrons. The molecule has 26 heavy (non-hydrogen) atoms. The molecular formula is C20H22N2O4. The van der Waals surface area contributed by atoms with E-state index in [1.165, 1.54) is 0 Å². The molecule has 0 aliphatic rings. The summed E-state index contributed by atoms with van der Waals surface area (Å²) in [5, 5.41) is 17.8. The van der Waals surface area contributed by atoms with Gasteiger partial charge >= 0.3 is 5.97 Å². The van der Waals surface area contributed by atoms with Crippen LogP contribution in [0.3, 0.4) is 0 Å². The van der Waals surface area contributed by atoms with Crippen molar-refractivity contribution in [2.24, 2.45) is 5.73 Å². The summed E-state index contributed by atoms with van der Waals surface area (Å²) in [6, 6.07) is 16.1. The van der Waals surface area contributed by atoms with Gasteiger partial charge in [0.2, 0.25) is 0 Å². The number of aliphatic carboxylic acids is 1. The number of fused-ring (bicyclic) bond motifs is 1. The molecule has 0 aliphatic heterocycles. The van der Waals surface area contributed by atoms with E-state index in [0.717, 1.165) is 40.9 Å². The van der Waals surface area contributed by atoms with Crippen molar-refractivity contribution in [2.45, 2.75) is 19.8 Å². The normalized spacial score (nSPS) is 10.2. The van der Waals surface area contributed by atoms with Crippen LogP contribution in [0, 0.1) is 0 Å². The molecule has 136 valence electrons. The first kappa shape index (κ1) is 19.2. The maximum Gasteiger partial charge on any atom is 0.352 e. The number of aryl methyl sites for hydroxylation is 1. The number of carboxylic acid groups (broad SMARTS) is 2. The van der Waals surface area contributed by atoms with Crippen LogP contribution in [0.1, 0.15) is 29.4 Å². The molecule has 0 bridgehead atoms. The third-order valence-corrected chi connectivity index (χ3v) is 3.86. The number of nitrogens with two attached hydrogens (primary N) is 1. The fourth-order valence-electron chi connectivity index (χ4n) is 2.78. The van der Waals surface area contributed by atoms with Crippen molar-refractivity contribution in [1.29, 1.82) is 0 Å². The van der Waals surface area contributed by atoms with Gasteiger partial charge < -0.3 is 20.9 Å². The van der Waals surface area contributed by atoms with Crippen LogP contribution in [0.15, 0.2) is 48.5 Å². The summed E-state index contributed by atoms with van der Waals surface area (Å²) in [5.41, 5.74) is 9.74. The minimum atomic E-state index is -0.926. The second-order valence-electron chi connectivity index (χ2n) is 5.82. The molecular weight excluding hydrogens is 332 g/mol. The number of hydrogen-bond acceptors (Lipinski definition) is 3. The number of benzene rings is 2. The van der Waals surface area contributed by atoms with Crippen molar-refractivity contribution < 1.29 is 19.8 Å². The lowest BCUT2D eigenvalue weighted by molar-refractivity contribution is -0.134. The molecule has 0 amide bonds. The quantitative estimate of drug-likeness (QED) is 0.559. The summed E-state index contributed by atoms with van der Waals surface area (Å²) in [4.78, 5) is 23.5. The van der Waals surface area contributed by atoms with E-state index in [1.807, 2.05) is 42.5 Å². The maximum atomic E-state index is 11.4. The zero-order valence-corrected chi connectivity index (χ0v) is 14.5. The van der Waals surface area contributed by atoms with Crippen molar-refractivity contribution in [3.8, 4) is 11.1 Å². The van der Waals surface area contributed by atoms with Crippen LogP contribution in [-0.2, 0) is 11.2 Å². The number of carbonyl (C=O) groups is 2. The Morgan fingerprint density at radius 1 is 1.04 bits per heavy atom. The van der Waals surface area contributed by atoms with Crippen LogP contribution >= 0.6 is 0 Å². The third kappa shape index (κ3) is 4.70.